The molecule has 21 heavy (non-hydrogen) atoms. The Balaban J connectivity index is 2.09. The van der Waals surface area contributed by atoms with E-state index in [4.69, 9.17) is 0 Å². The highest BCUT2D eigenvalue weighted by Crippen LogP contribution is 2.22. The molecule has 0 aliphatic rings. The summed E-state index contributed by atoms with van der Waals surface area (Å²) in [4.78, 5) is 10.4. The van der Waals surface area contributed by atoms with Crippen LogP contribution in [0.2, 0.25) is 0 Å². The topological polar surface area (TPSA) is 55.2 Å². The van der Waals surface area contributed by atoms with Gasteiger partial charge in [-0.3, -0.25) is 10.1 Å². The molecule has 0 aliphatic heterocycles. The molecular weight excluding hydrogens is 264 g/mol. The van der Waals surface area contributed by atoms with Crippen molar-refractivity contribution >= 4 is 5.69 Å². The molecule has 2 aromatic carbocycles. The minimum atomic E-state index is -0.360. The highest BCUT2D eigenvalue weighted by atomic mass is 16.6. The summed E-state index contributed by atoms with van der Waals surface area (Å²) in [6.45, 7) is 4.94. The summed E-state index contributed by atoms with van der Waals surface area (Å²) in [5.74, 6) is 0.436. The SMILES string of the molecule is CC(C)C(NCc1cccc([N+](=O)[O-])c1)c1ccccc1. The Hall–Kier alpha value is -2.20. The fourth-order valence-corrected chi connectivity index (χ4v) is 2.41. The van der Waals surface area contributed by atoms with Crippen LogP contribution in [0.15, 0.2) is 54.6 Å². The zero-order valence-corrected chi connectivity index (χ0v) is 12.3. The lowest BCUT2D eigenvalue weighted by Crippen LogP contribution is -2.25. The van der Waals surface area contributed by atoms with Crippen molar-refractivity contribution in [3.05, 3.63) is 75.8 Å². The molecule has 0 fully saturated rings. The fourth-order valence-electron chi connectivity index (χ4n) is 2.41. The van der Waals surface area contributed by atoms with Crippen molar-refractivity contribution in [3.8, 4) is 0 Å². The van der Waals surface area contributed by atoms with Gasteiger partial charge in [0, 0.05) is 24.7 Å². The summed E-state index contributed by atoms with van der Waals surface area (Å²) in [7, 11) is 0. The largest absolute Gasteiger partial charge is 0.306 e. The highest BCUT2D eigenvalue weighted by molar-refractivity contribution is 5.34. The van der Waals surface area contributed by atoms with E-state index in [9.17, 15) is 10.1 Å². The number of nitro groups is 1. The van der Waals surface area contributed by atoms with Crippen LogP contribution in [0.5, 0.6) is 0 Å². The van der Waals surface area contributed by atoms with E-state index in [1.54, 1.807) is 12.1 Å². The second-order valence-corrected chi connectivity index (χ2v) is 5.44. The van der Waals surface area contributed by atoms with E-state index in [2.05, 4.69) is 31.3 Å². The van der Waals surface area contributed by atoms with Gasteiger partial charge in [0.25, 0.3) is 5.69 Å². The van der Waals surface area contributed by atoms with Gasteiger partial charge in [0.2, 0.25) is 0 Å². The third-order valence-corrected chi connectivity index (χ3v) is 3.47. The molecule has 4 heteroatoms. The van der Waals surface area contributed by atoms with Gasteiger partial charge < -0.3 is 5.32 Å². The van der Waals surface area contributed by atoms with E-state index < -0.39 is 0 Å². The maximum Gasteiger partial charge on any atom is 0.269 e. The molecule has 0 aliphatic carbocycles. The Kier molecular flexibility index (Phi) is 5.06. The van der Waals surface area contributed by atoms with Gasteiger partial charge in [-0.2, -0.15) is 0 Å². The van der Waals surface area contributed by atoms with E-state index >= 15 is 0 Å². The minimum Gasteiger partial charge on any atom is -0.306 e. The standard InChI is InChI=1S/C17H20N2O2/c1-13(2)17(15-8-4-3-5-9-15)18-12-14-7-6-10-16(11-14)19(20)21/h3-11,13,17-18H,12H2,1-2H3. The predicted octanol–water partition coefficient (Wildman–Crippen LogP) is 4.08. The van der Waals surface area contributed by atoms with Crippen LogP contribution in [0.4, 0.5) is 5.69 Å². The Bertz CT molecular complexity index is 597. The number of hydrogen-bond acceptors (Lipinski definition) is 3. The van der Waals surface area contributed by atoms with Crippen LogP contribution in [0.25, 0.3) is 0 Å². The Labute approximate surface area is 125 Å². The van der Waals surface area contributed by atoms with Gasteiger partial charge >= 0.3 is 0 Å². The summed E-state index contributed by atoms with van der Waals surface area (Å²) in [5, 5.41) is 14.3. The molecule has 1 atom stereocenters. The maximum absolute atomic E-state index is 10.8. The van der Waals surface area contributed by atoms with Crippen molar-refractivity contribution in [1.29, 1.82) is 0 Å². The number of benzene rings is 2. The van der Waals surface area contributed by atoms with Crippen LogP contribution in [0.3, 0.4) is 0 Å². The monoisotopic (exact) mass is 284 g/mol. The maximum atomic E-state index is 10.8. The highest BCUT2D eigenvalue weighted by Gasteiger charge is 2.15. The Morgan fingerprint density at radius 3 is 2.43 bits per heavy atom. The number of nitrogens with zero attached hydrogens (tertiary/aromatic N) is 1. The van der Waals surface area contributed by atoms with Crippen LogP contribution < -0.4 is 5.32 Å². The second kappa shape index (κ2) is 6.99. The quantitative estimate of drug-likeness (QED) is 0.642. The Morgan fingerprint density at radius 2 is 1.81 bits per heavy atom. The van der Waals surface area contributed by atoms with Gasteiger partial charge in [-0.15, -0.1) is 0 Å². The van der Waals surface area contributed by atoms with E-state index in [1.165, 1.54) is 11.6 Å². The normalized spacial score (nSPS) is 12.3. The molecule has 0 saturated heterocycles. The fraction of sp³-hybridized carbons (Fsp3) is 0.294. The molecule has 0 saturated carbocycles. The van der Waals surface area contributed by atoms with E-state index in [0.29, 0.717) is 12.5 Å². The lowest BCUT2D eigenvalue weighted by Gasteiger charge is -2.23. The number of nitrogens with one attached hydrogen (secondary N) is 1. The first kappa shape index (κ1) is 15.2. The third kappa shape index (κ3) is 4.13. The number of rotatable bonds is 6. The molecule has 4 nitrogen and oxygen atoms in total. The lowest BCUT2D eigenvalue weighted by atomic mass is 9.96. The predicted molar refractivity (Wildman–Crippen MR) is 84.0 cm³/mol. The molecule has 1 unspecified atom stereocenters. The van der Waals surface area contributed by atoms with Gasteiger partial charge in [-0.25, -0.2) is 0 Å². The van der Waals surface area contributed by atoms with Crippen LogP contribution in [-0.4, -0.2) is 4.92 Å². The van der Waals surface area contributed by atoms with Gasteiger partial charge in [-0.05, 0) is 17.0 Å². The summed E-state index contributed by atoms with van der Waals surface area (Å²) in [6, 6.07) is 17.3. The van der Waals surface area contributed by atoms with Crippen molar-refractivity contribution in [2.45, 2.75) is 26.4 Å². The molecule has 110 valence electrons. The van der Waals surface area contributed by atoms with Crippen LogP contribution in [0, 0.1) is 16.0 Å². The van der Waals surface area contributed by atoms with Crippen molar-refractivity contribution in [3.63, 3.8) is 0 Å². The molecule has 1 N–H and O–H groups in total. The summed E-state index contributed by atoms with van der Waals surface area (Å²) in [6.07, 6.45) is 0. The van der Waals surface area contributed by atoms with Gasteiger partial charge in [-0.1, -0.05) is 56.3 Å². The summed E-state index contributed by atoms with van der Waals surface area (Å²) < 4.78 is 0. The first-order chi connectivity index (χ1) is 10.1. The number of nitro benzene ring substituents is 1. The molecule has 0 bridgehead atoms. The van der Waals surface area contributed by atoms with Crippen molar-refractivity contribution in [2.24, 2.45) is 5.92 Å². The van der Waals surface area contributed by atoms with Gasteiger partial charge in [0.15, 0.2) is 0 Å². The lowest BCUT2D eigenvalue weighted by molar-refractivity contribution is -0.384. The molecule has 2 rings (SSSR count). The second-order valence-electron chi connectivity index (χ2n) is 5.44. The van der Waals surface area contributed by atoms with Crippen LogP contribution in [0.1, 0.15) is 31.0 Å². The zero-order valence-electron chi connectivity index (χ0n) is 12.3. The molecule has 0 radical (unpaired) electrons. The molecule has 0 amide bonds. The van der Waals surface area contributed by atoms with Crippen LogP contribution in [-0.2, 0) is 6.54 Å². The minimum absolute atomic E-state index is 0.134. The zero-order chi connectivity index (χ0) is 15.2. The third-order valence-electron chi connectivity index (χ3n) is 3.47. The summed E-state index contributed by atoms with van der Waals surface area (Å²) in [5.41, 5.74) is 2.29. The van der Waals surface area contributed by atoms with E-state index in [1.807, 2.05) is 24.3 Å². The number of hydrogen-bond donors (Lipinski definition) is 1. The average Bonchev–Trinajstić information content (AvgIpc) is 2.48. The van der Waals surface area contributed by atoms with Crippen LogP contribution >= 0.6 is 0 Å². The Morgan fingerprint density at radius 1 is 1.10 bits per heavy atom. The smallest absolute Gasteiger partial charge is 0.269 e. The van der Waals surface area contributed by atoms with E-state index in [-0.39, 0.29) is 16.7 Å². The molecular formula is C17H20N2O2. The van der Waals surface area contributed by atoms with Crippen molar-refractivity contribution in [2.75, 3.05) is 0 Å². The van der Waals surface area contributed by atoms with Crippen molar-refractivity contribution < 1.29 is 4.92 Å². The summed E-state index contributed by atoms with van der Waals surface area (Å²) >= 11 is 0. The molecule has 0 spiro atoms. The van der Waals surface area contributed by atoms with Crippen molar-refractivity contribution in [1.82, 2.24) is 5.32 Å². The molecule has 0 heterocycles. The first-order valence-corrected chi connectivity index (χ1v) is 7.09. The number of non-ortho nitro benzene ring substituents is 1. The van der Waals surface area contributed by atoms with Gasteiger partial charge in [0.1, 0.15) is 0 Å². The van der Waals surface area contributed by atoms with E-state index in [0.717, 1.165) is 5.56 Å². The van der Waals surface area contributed by atoms with Gasteiger partial charge in [0.05, 0.1) is 4.92 Å². The molecule has 0 aromatic heterocycles. The average molecular weight is 284 g/mol. The molecule has 2 aromatic rings. The first-order valence-electron chi connectivity index (χ1n) is 7.09.